The van der Waals surface area contributed by atoms with Crippen molar-refractivity contribution in [2.75, 3.05) is 23.4 Å². The van der Waals surface area contributed by atoms with Gasteiger partial charge in [-0.1, -0.05) is 12.1 Å². The van der Waals surface area contributed by atoms with Crippen LogP contribution in [0.1, 0.15) is 26.2 Å². The zero-order chi connectivity index (χ0) is 14.4. The first-order valence-electron chi connectivity index (χ1n) is 7.04. The molecular formula is C15H22N2O2S. The number of thioether (sulfide) groups is 1. The molecule has 1 aromatic rings. The van der Waals surface area contributed by atoms with Crippen molar-refractivity contribution in [2.24, 2.45) is 0 Å². The summed E-state index contributed by atoms with van der Waals surface area (Å²) in [7, 11) is 0. The Morgan fingerprint density at radius 3 is 3.00 bits per heavy atom. The summed E-state index contributed by atoms with van der Waals surface area (Å²) in [5, 5.41) is 3.44. The lowest BCUT2D eigenvalue weighted by Gasteiger charge is -2.13. The van der Waals surface area contributed by atoms with Gasteiger partial charge in [-0.2, -0.15) is 11.8 Å². The molecule has 0 spiro atoms. The van der Waals surface area contributed by atoms with Crippen molar-refractivity contribution >= 4 is 29.0 Å². The maximum absolute atomic E-state index is 11.8. The molecule has 1 fully saturated rings. The van der Waals surface area contributed by atoms with Crippen molar-refractivity contribution in [3.05, 3.63) is 24.3 Å². The van der Waals surface area contributed by atoms with Crippen LogP contribution in [0.3, 0.4) is 0 Å². The van der Waals surface area contributed by atoms with E-state index in [1.807, 2.05) is 30.0 Å². The number of para-hydroxylation sites is 2. The summed E-state index contributed by atoms with van der Waals surface area (Å²) in [5.74, 6) is 1.02. The summed E-state index contributed by atoms with van der Waals surface area (Å²) in [6, 6.07) is 7.32. The minimum atomic E-state index is 0.0271. The van der Waals surface area contributed by atoms with Crippen LogP contribution in [0.25, 0.3) is 0 Å². The highest BCUT2D eigenvalue weighted by Crippen LogP contribution is 2.27. The number of rotatable bonds is 6. The summed E-state index contributed by atoms with van der Waals surface area (Å²) in [4.78, 5) is 11.8. The molecule has 0 radical (unpaired) electrons. The summed E-state index contributed by atoms with van der Waals surface area (Å²) < 4.78 is 5.52. The van der Waals surface area contributed by atoms with Crippen LogP contribution in [0.15, 0.2) is 24.3 Å². The molecule has 0 bridgehead atoms. The zero-order valence-electron chi connectivity index (χ0n) is 11.8. The Morgan fingerprint density at radius 2 is 2.30 bits per heavy atom. The highest BCUT2D eigenvalue weighted by atomic mass is 32.2. The smallest absolute Gasteiger partial charge is 0.224 e. The fourth-order valence-electron chi connectivity index (χ4n) is 2.22. The Balaban J connectivity index is 1.64. The van der Waals surface area contributed by atoms with Crippen molar-refractivity contribution < 1.29 is 9.53 Å². The summed E-state index contributed by atoms with van der Waals surface area (Å²) >= 11 is 1.91. The number of nitrogens with one attached hydrogen (secondary N) is 1. The number of ether oxygens (including phenoxy) is 1. The maximum atomic E-state index is 11.8. The van der Waals surface area contributed by atoms with E-state index in [0.29, 0.717) is 29.1 Å². The average Bonchev–Trinajstić information content (AvgIpc) is 2.83. The van der Waals surface area contributed by atoms with Crippen molar-refractivity contribution in [1.82, 2.24) is 0 Å². The van der Waals surface area contributed by atoms with E-state index >= 15 is 0 Å². The number of carbonyl (C=O) groups is 1. The molecule has 2 unspecified atom stereocenters. The van der Waals surface area contributed by atoms with Gasteiger partial charge in [0.1, 0.15) is 0 Å². The lowest BCUT2D eigenvalue weighted by atomic mass is 10.2. The molecular weight excluding hydrogens is 272 g/mol. The molecule has 4 nitrogen and oxygen atoms in total. The highest BCUT2D eigenvalue weighted by Gasteiger charge is 2.24. The third kappa shape index (κ3) is 4.42. The molecule has 5 heteroatoms. The number of nitrogen functional groups attached to an aromatic ring is 1. The molecule has 1 amide bonds. The number of anilines is 2. The first kappa shape index (κ1) is 15.2. The van der Waals surface area contributed by atoms with E-state index < -0.39 is 0 Å². The second-order valence-corrected chi connectivity index (χ2v) is 6.36. The fourth-order valence-corrected chi connectivity index (χ4v) is 3.45. The fraction of sp³-hybridized carbons (Fsp3) is 0.533. The van der Waals surface area contributed by atoms with Crippen LogP contribution in [-0.4, -0.2) is 29.6 Å². The molecule has 0 aliphatic carbocycles. The number of hydrogen-bond donors (Lipinski definition) is 2. The van der Waals surface area contributed by atoms with Crippen molar-refractivity contribution in [3.63, 3.8) is 0 Å². The standard InChI is InChI=1S/C15H22N2O2S/c1-11-14(8-9-19-11)20-10-4-7-15(18)17-13-6-3-2-5-12(13)16/h2-3,5-6,11,14H,4,7-10,16H2,1H3,(H,17,18). The van der Waals surface area contributed by atoms with Gasteiger partial charge in [-0.15, -0.1) is 0 Å². The maximum Gasteiger partial charge on any atom is 0.224 e. The highest BCUT2D eigenvalue weighted by molar-refractivity contribution is 7.99. The van der Waals surface area contributed by atoms with Gasteiger partial charge in [0.15, 0.2) is 0 Å². The van der Waals surface area contributed by atoms with Gasteiger partial charge in [0, 0.05) is 18.3 Å². The quantitative estimate of drug-likeness (QED) is 0.625. The molecule has 1 aliphatic rings. The summed E-state index contributed by atoms with van der Waals surface area (Å²) in [6.45, 7) is 2.99. The Labute approximate surface area is 124 Å². The topological polar surface area (TPSA) is 64.3 Å². The van der Waals surface area contributed by atoms with Gasteiger partial charge in [-0.25, -0.2) is 0 Å². The molecule has 20 heavy (non-hydrogen) atoms. The number of hydrogen-bond acceptors (Lipinski definition) is 4. The minimum absolute atomic E-state index is 0.0271. The van der Waals surface area contributed by atoms with E-state index in [1.54, 1.807) is 6.07 Å². The van der Waals surface area contributed by atoms with Crippen LogP contribution >= 0.6 is 11.8 Å². The van der Waals surface area contributed by atoms with E-state index in [2.05, 4.69) is 12.2 Å². The molecule has 1 saturated heterocycles. The Bertz CT molecular complexity index is 453. The number of benzene rings is 1. The Hall–Kier alpha value is -1.20. The summed E-state index contributed by atoms with van der Waals surface area (Å²) in [5.41, 5.74) is 7.09. The monoisotopic (exact) mass is 294 g/mol. The van der Waals surface area contributed by atoms with E-state index in [-0.39, 0.29) is 5.91 Å². The van der Waals surface area contributed by atoms with E-state index in [4.69, 9.17) is 10.5 Å². The molecule has 2 atom stereocenters. The van der Waals surface area contributed by atoms with Crippen molar-refractivity contribution in [2.45, 2.75) is 37.5 Å². The second-order valence-electron chi connectivity index (χ2n) is 5.01. The third-order valence-electron chi connectivity index (χ3n) is 3.42. The van der Waals surface area contributed by atoms with Crippen LogP contribution in [0, 0.1) is 0 Å². The third-order valence-corrected chi connectivity index (χ3v) is 4.99. The minimum Gasteiger partial charge on any atom is -0.397 e. The molecule has 1 heterocycles. The normalized spacial score (nSPS) is 21.9. The van der Waals surface area contributed by atoms with Gasteiger partial charge < -0.3 is 15.8 Å². The Morgan fingerprint density at radius 1 is 1.50 bits per heavy atom. The van der Waals surface area contributed by atoms with Gasteiger partial charge in [0.2, 0.25) is 5.91 Å². The lowest BCUT2D eigenvalue weighted by molar-refractivity contribution is -0.116. The Kier molecular flexibility index (Phi) is 5.73. The summed E-state index contributed by atoms with van der Waals surface area (Å²) in [6.07, 6.45) is 2.88. The van der Waals surface area contributed by atoms with Crippen LogP contribution < -0.4 is 11.1 Å². The second kappa shape index (κ2) is 7.55. The van der Waals surface area contributed by atoms with Gasteiger partial charge in [0.25, 0.3) is 0 Å². The largest absolute Gasteiger partial charge is 0.397 e. The lowest BCUT2D eigenvalue weighted by Crippen LogP contribution is -2.15. The van der Waals surface area contributed by atoms with Gasteiger partial charge in [-0.3, -0.25) is 4.79 Å². The predicted molar refractivity (Wildman–Crippen MR) is 85.0 cm³/mol. The van der Waals surface area contributed by atoms with Crippen molar-refractivity contribution in [1.29, 1.82) is 0 Å². The molecule has 1 aliphatic heterocycles. The molecule has 1 aromatic carbocycles. The predicted octanol–water partition coefficient (Wildman–Crippen LogP) is 2.90. The van der Waals surface area contributed by atoms with Crippen molar-refractivity contribution in [3.8, 4) is 0 Å². The molecule has 0 saturated carbocycles. The van der Waals surface area contributed by atoms with Gasteiger partial charge >= 0.3 is 0 Å². The van der Waals surface area contributed by atoms with Gasteiger partial charge in [-0.05, 0) is 37.7 Å². The van der Waals surface area contributed by atoms with E-state index in [0.717, 1.165) is 25.2 Å². The van der Waals surface area contributed by atoms with Crippen LogP contribution in [0.4, 0.5) is 11.4 Å². The van der Waals surface area contributed by atoms with E-state index in [1.165, 1.54) is 0 Å². The molecule has 3 N–H and O–H groups in total. The number of nitrogens with two attached hydrogens (primary N) is 1. The van der Waals surface area contributed by atoms with Gasteiger partial charge in [0.05, 0.1) is 17.5 Å². The van der Waals surface area contributed by atoms with E-state index in [9.17, 15) is 4.79 Å². The zero-order valence-corrected chi connectivity index (χ0v) is 12.6. The molecule has 110 valence electrons. The first-order valence-corrected chi connectivity index (χ1v) is 8.09. The van der Waals surface area contributed by atoms with Crippen LogP contribution in [0.5, 0.6) is 0 Å². The number of amides is 1. The van der Waals surface area contributed by atoms with Crippen LogP contribution in [-0.2, 0) is 9.53 Å². The average molecular weight is 294 g/mol. The SMILES string of the molecule is CC1OCCC1SCCCC(=O)Nc1ccccc1N. The van der Waals surface area contributed by atoms with Crippen LogP contribution in [0.2, 0.25) is 0 Å². The molecule has 2 rings (SSSR count). The molecule has 0 aromatic heterocycles. The first-order chi connectivity index (χ1) is 9.66. The number of carbonyl (C=O) groups excluding carboxylic acids is 1.